The van der Waals surface area contributed by atoms with Gasteiger partial charge in [-0.2, -0.15) is 0 Å². The Bertz CT molecular complexity index is 4570. The highest BCUT2D eigenvalue weighted by molar-refractivity contribution is 5.91. The summed E-state index contributed by atoms with van der Waals surface area (Å²) in [4.78, 5) is 150. The summed E-state index contributed by atoms with van der Waals surface area (Å²) in [6.45, 7) is 26.0. The van der Waals surface area contributed by atoms with Crippen molar-refractivity contribution in [2.24, 2.45) is 73.0 Å². The summed E-state index contributed by atoms with van der Waals surface area (Å²) in [6.07, 6.45) is -23.5. The van der Waals surface area contributed by atoms with Crippen LogP contribution in [0.15, 0.2) is 152 Å². The lowest BCUT2D eigenvalue weighted by Crippen LogP contribution is -2.46. The van der Waals surface area contributed by atoms with E-state index in [1.165, 1.54) is 111 Å². The first-order valence-electron chi connectivity index (χ1n) is 47.2. The molecule has 0 radical (unpaired) electrons. The largest absolute Gasteiger partial charge is 0.480 e. The molecule has 5 rings (SSSR count). The van der Waals surface area contributed by atoms with E-state index in [-0.39, 0.29) is 90.0 Å². The zero-order valence-corrected chi connectivity index (χ0v) is 87.6. The number of Topliss-reactive ketones (excluding diaryl/α,β-unsaturated/α-hetero) is 2. The Hall–Kier alpha value is -12.3. The van der Waals surface area contributed by atoms with Crippen molar-refractivity contribution < 1.29 is 178 Å². The highest BCUT2D eigenvalue weighted by Gasteiger charge is 2.43. The summed E-state index contributed by atoms with van der Waals surface area (Å²) < 4.78 is 209. The lowest BCUT2D eigenvalue weighted by atomic mass is 9.82. The number of amides is 4. The fourth-order valence-corrected chi connectivity index (χ4v) is 12.9. The van der Waals surface area contributed by atoms with Gasteiger partial charge in [0, 0.05) is 57.3 Å². The van der Waals surface area contributed by atoms with Gasteiger partial charge in [-0.3, -0.25) is 28.8 Å². The summed E-state index contributed by atoms with van der Waals surface area (Å²) in [5.74, 6) is -9.33. The first-order valence-corrected chi connectivity index (χ1v) is 47.2. The zero-order chi connectivity index (χ0) is 115. The van der Waals surface area contributed by atoms with Crippen LogP contribution in [0.25, 0.3) is 0 Å². The van der Waals surface area contributed by atoms with Gasteiger partial charge in [0.1, 0.15) is 62.4 Å². The summed E-state index contributed by atoms with van der Waals surface area (Å²) in [7, 11) is 2.50. The lowest BCUT2D eigenvalue weighted by Gasteiger charge is -2.29. The molecule has 0 saturated heterocycles. The van der Waals surface area contributed by atoms with Crippen LogP contribution >= 0.6 is 0 Å². The number of aliphatic carboxylic acids is 5. The molecule has 850 valence electrons. The van der Waals surface area contributed by atoms with Crippen molar-refractivity contribution in [1.82, 2.24) is 26.6 Å². The van der Waals surface area contributed by atoms with Crippen LogP contribution in [0.4, 0.5) is 80.6 Å². The van der Waals surface area contributed by atoms with Crippen molar-refractivity contribution in [2.75, 3.05) is 14.2 Å². The predicted octanol–water partition coefficient (Wildman–Crippen LogP) is 21.3. The summed E-state index contributed by atoms with van der Waals surface area (Å²) in [6, 6.07) is 35.9. The molecule has 0 bridgehead atoms. The van der Waals surface area contributed by atoms with Crippen LogP contribution in [-0.4, -0.2) is 205 Å². The Morgan fingerprint density at radius 3 is 0.700 bits per heavy atom. The van der Waals surface area contributed by atoms with Crippen LogP contribution in [0.3, 0.4) is 0 Å². The number of nitrogens with one attached hydrogen (secondary N) is 5. The fraction of sp³-hybridized carbons (Fsp3) is 0.590. The van der Waals surface area contributed by atoms with Crippen LogP contribution in [-0.2, 0) is 105 Å². The number of rotatable bonds is 53. The Morgan fingerprint density at radius 1 is 0.287 bits per heavy atom. The van der Waals surface area contributed by atoms with Gasteiger partial charge in [-0.25, -0.2) is 95.0 Å². The van der Waals surface area contributed by atoms with E-state index in [9.17, 15) is 124 Å². The maximum absolute atomic E-state index is 13.4. The predicted molar refractivity (Wildman–Crippen MR) is 532 cm³/mol. The number of hydrogen-bond acceptors (Lipinski definition) is 22. The summed E-state index contributed by atoms with van der Waals surface area (Å²) in [5.41, 5.74) is 4.60. The monoisotopic (exact) mass is 2160 g/mol. The summed E-state index contributed by atoms with van der Waals surface area (Å²) >= 11 is 0. The van der Waals surface area contributed by atoms with Gasteiger partial charge in [-0.15, -0.1) is 0 Å². The Labute approximate surface area is 868 Å². The second-order valence-corrected chi connectivity index (χ2v) is 40.9. The molecule has 0 spiro atoms. The lowest BCUT2D eigenvalue weighted by molar-refractivity contribution is -0.148. The molecule has 0 aliphatic rings. The summed E-state index contributed by atoms with van der Waals surface area (Å²) in [5, 5.41) is 56.1. The number of halogens is 14. The van der Waals surface area contributed by atoms with E-state index in [0.717, 1.165) is 27.8 Å². The maximum atomic E-state index is 13.4. The third-order valence-corrected chi connectivity index (χ3v) is 22.5. The van der Waals surface area contributed by atoms with Gasteiger partial charge in [0.2, 0.25) is 45.0 Å². The van der Waals surface area contributed by atoms with E-state index < -0.39 is 228 Å². The average Bonchev–Trinajstić information content (AvgIpc) is 0.848. The molecule has 0 saturated carbocycles. The van der Waals surface area contributed by atoms with Gasteiger partial charge in [0.15, 0.2) is 5.78 Å². The third-order valence-electron chi connectivity index (χ3n) is 22.5. The number of carboxylic acid groups (broad SMARTS) is 5. The minimum atomic E-state index is -2.70. The quantitative estimate of drug-likeness (QED) is 0.00977. The number of carbonyl (C=O) groups excluding carboxylic acids is 8. The van der Waals surface area contributed by atoms with E-state index in [1.807, 2.05) is 64.1 Å². The Kier molecular flexibility index (Phi) is 66.1. The Morgan fingerprint density at radius 2 is 0.487 bits per heavy atom. The number of ether oxygens (including phenoxy) is 6. The van der Waals surface area contributed by atoms with Gasteiger partial charge in [-0.05, 0) is 97.4 Å². The van der Waals surface area contributed by atoms with Crippen molar-refractivity contribution in [3.05, 3.63) is 179 Å². The number of carboxylic acids is 5. The van der Waals surface area contributed by atoms with E-state index in [0.29, 0.717) is 19.4 Å². The highest BCUT2D eigenvalue weighted by atomic mass is 19.3. The number of alkyl carbamates (subject to hydrolysis) is 4. The number of methoxy groups -OCH3 is 2. The number of nitrogens with two attached hydrogens (primary N) is 2. The number of ketones is 2. The van der Waals surface area contributed by atoms with Crippen molar-refractivity contribution >= 4 is 77.7 Å². The van der Waals surface area contributed by atoms with E-state index in [2.05, 4.69) is 31.3 Å². The highest BCUT2D eigenvalue weighted by Crippen LogP contribution is 2.38. The number of benzene rings is 5. The maximum Gasteiger partial charge on any atom is 0.408 e. The van der Waals surface area contributed by atoms with Crippen molar-refractivity contribution in [3.63, 3.8) is 0 Å². The molecule has 9 atom stereocenters. The van der Waals surface area contributed by atoms with E-state index >= 15 is 0 Å². The molecular weight excluding hydrogens is 2010 g/mol. The minimum Gasteiger partial charge on any atom is -0.480 e. The molecule has 4 amide bonds. The minimum absolute atomic E-state index is 0. The molecule has 0 aromatic heterocycles. The fourth-order valence-electron chi connectivity index (χ4n) is 12.9. The molecule has 0 heterocycles. The van der Waals surface area contributed by atoms with E-state index in [1.54, 1.807) is 115 Å². The van der Waals surface area contributed by atoms with Gasteiger partial charge < -0.3 is 92.0 Å². The number of esters is 2. The molecule has 0 aliphatic heterocycles. The van der Waals surface area contributed by atoms with Crippen LogP contribution in [0.2, 0.25) is 0 Å². The molecule has 150 heavy (non-hydrogen) atoms. The van der Waals surface area contributed by atoms with Crippen LogP contribution in [0, 0.1) is 61.6 Å². The third kappa shape index (κ3) is 60.5. The molecule has 0 fully saturated rings. The first-order chi connectivity index (χ1) is 68.7. The van der Waals surface area contributed by atoms with Crippen molar-refractivity contribution in [1.29, 1.82) is 0 Å². The normalized spacial score (nSPS) is 13.4. The smallest absolute Gasteiger partial charge is 0.408 e. The van der Waals surface area contributed by atoms with Gasteiger partial charge in [0.05, 0.1) is 38.1 Å². The average molecular weight is 2160 g/mol. The molecule has 5 aromatic rings. The Balaban J connectivity index is -0.00000170. The van der Waals surface area contributed by atoms with Crippen LogP contribution in [0.5, 0.6) is 0 Å². The zero-order valence-electron chi connectivity index (χ0n) is 87.6. The molecule has 3 unspecified atom stereocenters. The van der Waals surface area contributed by atoms with E-state index in [4.69, 9.17) is 60.7 Å². The van der Waals surface area contributed by atoms with Crippen LogP contribution < -0.4 is 38.1 Å². The van der Waals surface area contributed by atoms with Gasteiger partial charge >= 0.3 is 66.2 Å². The van der Waals surface area contributed by atoms with Crippen LogP contribution in [0.1, 0.15) is 231 Å². The number of hydrogen-bond donors (Lipinski definition) is 12. The standard InChI is InChI=1S/C23H33F2NO5.3C15H19F2NO4.C15H27F2NO3.C14H19F2NO2.C7H13F2NO2.CH4/c1-15(2)11-17(20(28)30-5)12-19(27)18(13-23(3,4)21(24)25)26-22(29)31-14-16-9-7-6-8-10-16;3*1-15(2,13(16)17)8-11(12(19)20)18-14(21)22-9-10-6-4-3-5-7-10;1-9(2)6-10(13(20)21-5)7-12(19)11(18)8-15(3,4)14(16)17;1-14(2,13(15)16)8-11(12(18)19)17-9-10-6-4-3-5-7-10;1-7(2,6(8)9)3-4(10)5(11)12;/h6-10,15,17-18,21H,11-14H2,1-5H3,(H,26,29);3*3-7,11,13H,8-9H2,1-2H3,(H,18,21)(H,19,20);9-11,14H,6-8,18H2,1-5H3;3-7,11,13,17H,8-9H2,1-2H3,(H,18,19);4,6H,3,10H2,1-2H3,(H,11,12);1H4/t17-,18+;2*11-;;10-,11+;;;/m110.1.../s1. The molecule has 5 aromatic carbocycles. The van der Waals surface area contributed by atoms with Crippen molar-refractivity contribution in [2.45, 2.75) is 323 Å². The first kappa shape index (κ1) is 142. The topological polar surface area (TPSA) is 491 Å². The molecular formula is C105H153F14N7O24. The number of carbonyl (C=O) groups is 13. The second kappa shape index (κ2) is 70.0. The molecule has 14 N–H and O–H groups in total. The van der Waals surface area contributed by atoms with Gasteiger partial charge in [-0.1, -0.05) is 284 Å². The van der Waals surface area contributed by atoms with Gasteiger partial charge in [0.25, 0.3) is 0 Å². The number of alkyl halides is 14. The molecule has 0 aliphatic carbocycles. The van der Waals surface area contributed by atoms with Crippen molar-refractivity contribution in [3.8, 4) is 0 Å². The SMILES string of the molecule is C.CC(C)(CC(N)C(=O)O)C(F)F.CC(C)(CC(NC(=O)OCc1ccccc1)C(=O)O)C(F)F.CC(C)(CC(NCc1ccccc1)C(=O)O)C(F)F.CC(C)(C[C@@H](NC(=O)OCc1ccccc1)C(=O)O)C(F)F.CC(C)(C[C@H](NC(=O)OCc1ccccc1)C(=O)O)C(F)F.COC(=O)[C@@H](CC(=O)[C@@H](N)CC(C)(C)C(F)F)CC(C)C.COC(=O)[C@@H](CC(=O)[C@H](CC(C)(C)C(F)F)NC(=O)OCc1ccccc1)CC(C)C. The second-order valence-electron chi connectivity index (χ2n) is 40.9. The molecule has 31 nitrogen and oxygen atoms in total. The molecule has 45 heteroatoms.